The zero-order valence-corrected chi connectivity index (χ0v) is 9.94. The molecule has 0 bridgehead atoms. The lowest BCUT2D eigenvalue weighted by Gasteiger charge is -2.30. The summed E-state index contributed by atoms with van der Waals surface area (Å²) in [5.41, 5.74) is 0.167. The molecule has 14 heavy (non-hydrogen) atoms. The molecule has 1 aliphatic carbocycles. The lowest BCUT2D eigenvalue weighted by atomic mass is 10.0. The van der Waals surface area contributed by atoms with Crippen LogP contribution in [0.25, 0.3) is 0 Å². The van der Waals surface area contributed by atoms with Crippen LogP contribution in [0.15, 0.2) is 0 Å². The number of ether oxygens (including phenoxy) is 1. The summed E-state index contributed by atoms with van der Waals surface area (Å²) in [6, 6.07) is 0.567. The molecular formula is C12H25NO. The maximum atomic E-state index is 6.03. The van der Waals surface area contributed by atoms with E-state index in [9.17, 15) is 0 Å². The first-order valence-electron chi connectivity index (χ1n) is 6.06. The molecule has 0 aromatic heterocycles. The summed E-state index contributed by atoms with van der Waals surface area (Å²) in [5.74, 6) is 0. The van der Waals surface area contributed by atoms with E-state index in [-0.39, 0.29) is 5.60 Å². The molecule has 0 aromatic carbocycles. The third kappa shape index (κ3) is 3.58. The highest BCUT2D eigenvalue weighted by Crippen LogP contribution is 2.32. The van der Waals surface area contributed by atoms with Crippen LogP contribution < -0.4 is 5.32 Å². The molecule has 0 atom stereocenters. The first-order chi connectivity index (χ1) is 6.68. The van der Waals surface area contributed by atoms with Crippen LogP contribution in [0.4, 0.5) is 0 Å². The minimum atomic E-state index is 0.167. The predicted octanol–water partition coefficient (Wildman–Crippen LogP) is 2.72. The number of rotatable bonds is 6. The van der Waals surface area contributed by atoms with E-state index in [1.165, 1.54) is 25.7 Å². The van der Waals surface area contributed by atoms with E-state index in [1.54, 1.807) is 0 Å². The molecule has 0 amide bonds. The van der Waals surface area contributed by atoms with Gasteiger partial charge in [0, 0.05) is 19.2 Å². The molecule has 0 saturated heterocycles. The highest BCUT2D eigenvalue weighted by atomic mass is 16.5. The molecule has 0 aromatic rings. The minimum absolute atomic E-state index is 0.167. The monoisotopic (exact) mass is 199 g/mol. The van der Waals surface area contributed by atoms with E-state index >= 15 is 0 Å². The predicted molar refractivity (Wildman–Crippen MR) is 60.6 cm³/mol. The molecule has 0 aliphatic heterocycles. The summed E-state index contributed by atoms with van der Waals surface area (Å²) < 4.78 is 6.03. The maximum Gasteiger partial charge on any atom is 0.0806 e. The van der Waals surface area contributed by atoms with Crippen LogP contribution in [0.1, 0.15) is 52.9 Å². The Morgan fingerprint density at radius 1 is 1.29 bits per heavy atom. The third-order valence-electron chi connectivity index (χ3n) is 2.96. The first kappa shape index (κ1) is 12.0. The molecule has 1 aliphatic rings. The van der Waals surface area contributed by atoms with E-state index in [4.69, 9.17) is 4.74 Å². The van der Waals surface area contributed by atoms with Crippen molar-refractivity contribution in [1.29, 1.82) is 0 Å². The Bertz CT molecular complexity index is 150. The van der Waals surface area contributed by atoms with E-state index in [0.29, 0.717) is 6.04 Å². The molecule has 0 radical (unpaired) electrons. The minimum Gasteiger partial charge on any atom is -0.374 e. The SMILES string of the molecule is CCCOC1(CNC(C)C)CCCC1. The van der Waals surface area contributed by atoms with Crippen molar-refractivity contribution in [3.63, 3.8) is 0 Å². The van der Waals surface area contributed by atoms with E-state index in [1.807, 2.05) is 0 Å². The van der Waals surface area contributed by atoms with Crippen LogP contribution in [0.5, 0.6) is 0 Å². The highest BCUT2D eigenvalue weighted by Gasteiger charge is 2.34. The molecule has 2 nitrogen and oxygen atoms in total. The van der Waals surface area contributed by atoms with E-state index < -0.39 is 0 Å². The van der Waals surface area contributed by atoms with Gasteiger partial charge >= 0.3 is 0 Å². The van der Waals surface area contributed by atoms with Crippen LogP contribution in [-0.4, -0.2) is 24.8 Å². The quantitative estimate of drug-likeness (QED) is 0.710. The van der Waals surface area contributed by atoms with Crippen molar-refractivity contribution in [2.24, 2.45) is 0 Å². The van der Waals surface area contributed by atoms with Crippen LogP contribution in [0.2, 0.25) is 0 Å². The van der Waals surface area contributed by atoms with Crippen LogP contribution >= 0.6 is 0 Å². The van der Waals surface area contributed by atoms with Gasteiger partial charge in [0.2, 0.25) is 0 Å². The van der Waals surface area contributed by atoms with Gasteiger partial charge in [-0.05, 0) is 19.3 Å². The Kier molecular flexibility index (Phi) is 4.90. The fraction of sp³-hybridized carbons (Fsp3) is 1.00. The Labute approximate surface area is 88.4 Å². The van der Waals surface area contributed by atoms with Gasteiger partial charge in [-0.25, -0.2) is 0 Å². The van der Waals surface area contributed by atoms with Crippen molar-refractivity contribution in [3.05, 3.63) is 0 Å². The molecule has 1 fully saturated rings. The second-order valence-corrected chi connectivity index (χ2v) is 4.77. The van der Waals surface area contributed by atoms with Gasteiger partial charge in [-0.3, -0.25) is 0 Å². The van der Waals surface area contributed by atoms with Gasteiger partial charge in [0.1, 0.15) is 0 Å². The third-order valence-corrected chi connectivity index (χ3v) is 2.96. The van der Waals surface area contributed by atoms with Crippen molar-refractivity contribution in [1.82, 2.24) is 5.32 Å². The molecule has 0 unspecified atom stereocenters. The van der Waals surface area contributed by atoms with Gasteiger partial charge in [0.15, 0.2) is 0 Å². The van der Waals surface area contributed by atoms with Gasteiger partial charge in [-0.1, -0.05) is 33.6 Å². The molecule has 84 valence electrons. The lowest BCUT2D eigenvalue weighted by Crippen LogP contribution is -2.43. The summed E-state index contributed by atoms with van der Waals surface area (Å²) in [7, 11) is 0. The molecule has 0 heterocycles. The van der Waals surface area contributed by atoms with Gasteiger partial charge in [-0.2, -0.15) is 0 Å². The zero-order chi connectivity index (χ0) is 10.4. The Morgan fingerprint density at radius 2 is 1.93 bits per heavy atom. The van der Waals surface area contributed by atoms with Gasteiger partial charge < -0.3 is 10.1 Å². The smallest absolute Gasteiger partial charge is 0.0806 e. The second-order valence-electron chi connectivity index (χ2n) is 4.77. The summed E-state index contributed by atoms with van der Waals surface area (Å²) in [6.07, 6.45) is 6.29. The molecule has 1 rings (SSSR count). The van der Waals surface area contributed by atoms with Crippen LogP contribution in [-0.2, 0) is 4.74 Å². The molecule has 1 saturated carbocycles. The van der Waals surface area contributed by atoms with Crippen molar-refractivity contribution >= 4 is 0 Å². The second kappa shape index (κ2) is 5.72. The summed E-state index contributed by atoms with van der Waals surface area (Å²) in [6.45, 7) is 8.52. The van der Waals surface area contributed by atoms with Gasteiger partial charge in [0.05, 0.1) is 5.60 Å². The summed E-state index contributed by atoms with van der Waals surface area (Å²) in [4.78, 5) is 0. The fourth-order valence-electron chi connectivity index (χ4n) is 2.10. The number of nitrogens with one attached hydrogen (secondary N) is 1. The molecular weight excluding hydrogens is 174 g/mol. The van der Waals surface area contributed by atoms with Crippen LogP contribution in [0.3, 0.4) is 0 Å². The lowest BCUT2D eigenvalue weighted by molar-refractivity contribution is -0.0400. The number of hydrogen-bond donors (Lipinski definition) is 1. The van der Waals surface area contributed by atoms with E-state index in [2.05, 4.69) is 26.1 Å². The zero-order valence-electron chi connectivity index (χ0n) is 9.94. The first-order valence-corrected chi connectivity index (χ1v) is 6.06. The average Bonchev–Trinajstić information content (AvgIpc) is 2.61. The Morgan fingerprint density at radius 3 is 2.43 bits per heavy atom. The summed E-state index contributed by atoms with van der Waals surface area (Å²) in [5, 5.41) is 3.51. The fourth-order valence-corrected chi connectivity index (χ4v) is 2.10. The summed E-state index contributed by atoms with van der Waals surface area (Å²) >= 11 is 0. The standard InChI is InChI=1S/C12H25NO/c1-4-9-14-12(7-5-6-8-12)10-13-11(2)3/h11,13H,4-10H2,1-3H3. The average molecular weight is 199 g/mol. The van der Waals surface area contributed by atoms with Crippen molar-refractivity contribution in [2.45, 2.75) is 64.5 Å². The Balaban J connectivity index is 2.36. The van der Waals surface area contributed by atoms with Gasteiger partial charge in [0.25, 0.3) is 0 Å². The van der Waals surface area contributed by atoms with Crippen molar-refractivity contribution in [2.75, 3.05) is 13.2 Å². The van der Waals surface area contributed by atoms with E-state index in [0.717, 1.165) is 19.6 Å². The normalized spacial score (nSPS) is 20.6. The topological polar surface area (TPSA) is 21.3 Å². The van der Waals surface area contributed by atoms with Crippen LogP contribution in [0, 0.1) is 0 Å². The van der Waals surface area contributed by atoms with Crippen molar-refractivity contribution in [3.8, 4) is 0 Å². The molecule has 2 heteroatoms. The Hall–Kier alpha value is -0.0800. The van der Waals surface area contributed by atoms with Gasteiger partial charge in [-0.15, -0.1) is 0 Å². The maximum absolute atomic E-state index is 6.03. The molecule has 1 N–H and O–H groups in total. The largest absolute Gasteiger partial charge is 0.374 e. The highest BCUT2D eigenvalue weighted by molar-refractivity contribution is 4.89. The van der Waals surface area contributed by atoms with Crippen molar-refractivity contribution < 1.29 is 4.74 Å². The molecule has 0 spiro atoms. The number of hydrogen-bond acceptors (Lipinski definition) is 2.